The van der Waals surface area contributed by atoms with E-state index in [0.717, 1.165) is 6.42 Å². The normalized spacial score (nSPS) is 13.2. The summed E-state index contributed by atoms with van der Waals surface area (Å²) in [5.41, 5.74) is 6.86. The molecule has 0 saturated heterocycles. The number of benzene rings is 1. The van der Waals surface area contributed by atoms with Gasteiger partial charge in [-0.05, 0) is 47.4 Å². The molecule has 0 atom stereocenters. The molecular weight excluding hydrogens is 288 g/mol. The van der Waals surface area contributed by atoms with E-state index in [1.807, 2.05) is 31.4 Å². The van der Waals surface area contributed by atoms with Crippen molar-refractivity contribution in [3.8, 4) is 11.1 Å². The van der Waals surface area contributed by atoms with Crippen LogP contribution in [0.2, 0.25) is 0 Å². The first-order valence-corrected chi connectivity index (χ1v) is 8.95. The molecule has 0 radical (unpaired) electrons. The van der Waals surface area contributed by atoms with Crippen molar-refractivity contribution >= 4 is 11.3 Å². The molecule has 0 fully saturated rings. The number of hydrogen-bond donors (Lipinski definition) is 1. The molecule has 2 aliphatic carbocycles. The van der Waals surface area contributed by atoms with Crippen molar-refractivity contribution in [3.05, 3.63) is 63.6 Å². The van der Waals surface area contributed by atoms with Gasteiger partial charge in [0.25, 0.3) is 0 Å². The molecule has 2 aromatic heterocycles. The number of H-pyrrole nitrogens is 1. The summed E-state index contributed by atoms with van der Waals surface area (Å²) in [5.74, 6) is 0. The monoisotopic (exact) mass is 310 g/mol. The molecule has 22 heavy (non-hydrogen) atoms. The third-order valence-corrected chi connectivity index (χ3v) is 5.10. The molecule has 0 bridgehead atoms. The van der Waals surface area contributed by atoms with Crippen LogP contribution < -0.4 is 0 Å². The lowest BCUT2D eigenvalue weighted by molar-refractivity contribution is 0.915. The number of nitrogens with one attached hydrogen (secondary N) is 1. The second kappa shape index (κ2) is 6.93. The first-order chi connectivity index (χ1) is 10.9. The summed E-state index contributed by atoms with van der Waals surface area (Å²) in [6.07, 6.45) is 6.97. The third kappa shape index (κ3) is 2.86. The Hall–Kier alpha value is -1.87. The van der Waals surface area contributed by atoms with E-state index in [1.165, 1.54) is 41.6 Å². The molecule has 5 rings (SSSR count). The number of aromatic nitrogens is 2. The molecule has 0 spiro atoms. The SMILES string of the molecule is CC.c1cc2c(s1)CCC2.c1ccc2c(c1)Cc1[nH]ncc1-2. The number of aryl methyl sites for hydroxylation is 2. The van der Waals surface area contributed by atoms with Crippen molar-refractivity contribution in [2.45, 2.75) is 39.5 Å². The third-order valence-electron chi connectivity index (χ3n) is 4.08. The van der Waals surface area contributed by atoms with E-state index in [-0.39, 0.29) is 0 Å². The Kier molecular flexibility index (Phi) is 4.74. The minimum absolute atomic E-state index is 1.01. The Bertz CT molecular complexity index is 721. The van der Waals surface area contributed by atoms with Gasteiger partial charge in [0.05, 0.1) is 6.20 Å². The number of nitrogens with zero attached hydrogens (tertiary/aromatic N) is 1. The molecule has 2 aliphatic rings. The largest absolute Gasteiger partial charge is 0.282 e. The van der Waals surface area contributed by atoms with Gasteiger partial charge in [-0.2, -0.15) is 5.10 Å². The average molecular weight is 310 g/mol. The maximum absolute atomic E-state index is 4.02. The van der Waals surface area contributed by atoms with Gasteiger partial charge in [-0.1, -0.05) is 38.1 Å². The molecule has 0 saturated carbocycles. The quantitative estimate of drug-likeness (QED) is 0.472. The van der Waals surface area contributed by atoms with Crippen LogP contribution in [-0.2, 0) is 19.3 Å². The lowest BCUT2D eigenvalue weighted by Crippen LogP contribution is -1.81. The van der Waals surface area contributed by atoms with Crippen LogP contribution in [0.15, 0.2) is 41.9 Å². The van der Waals surface area contributed by atoms with Crippen LogP contribution >= 0.6 is 11.3 Å². The summed E-state index contributed by atoms with van der Waals surface area (Å²) >= 11 is 1.91. The van der Waals surface area contributed by atoms with Gasteiger partial charge < -0.3 is 0 Å². The Morgan fingerprint density at radius 1 is 1.00 bits per heavy atom. The zero-order chi connectivity index (χ0) is 15.4. The van der Waals surface area contributed by atoms with Crippen LogP contribution in [0.1, 0.15) is 42.0 Å². The molecule has 1 aromatic carbocycles. The highest BCUT2D eigenvalue weighted by Gasteiger charge is 2.18. The second-order valence-corrected chi connectivity index (χ2v) is 6.32. The van der Waals surface area contributed by atoms with Crippen LogP contribution in [0, 0.1) is 0 Å². The van der Waals surface area contributed by atoms with E-state index in [2.05, 4.69) is 45.9 Å². The summed E-state index contributed by atoms with van der Waals surface area (Å²) in [6, 6.07) is 10.7. The zero-order valence-electron chi connectivity index (χ0n) is 13.2. The highest BCUT2D eigenvalue weighted by Crippen LogP contribution is 2.34. The number of thiophene rings is 1. The summed E-state index contributed by atoms with van der Waals surface area (Å²) in [6.45, 7) is 4.00. The zero-order valence-corrected chi connectivity index (χ0v) is 14.0. The van der Waals surface area contributed by atoms with E-state index >= 15 is 0 Å². The molecule has 2 heterocycles. The van der Waals surface area contributed by atoms with Crippen LogP contribution in [0.3, 0.4) is 0 Å². The van der Waals surface area contributed by atoms with Crippen molar-refractivity contribution in [2.24, 2.45) is 0 Å². The number of fused-ring (bicyclic) bond motifs is 4. The van der Waals surface area contributed by atoms with Gasteiger partial charge in [-0.3, -0.25) is 5.10 Å². The molecule has 3 aromatic rings. The number of rotatable bonds is 0. The maximum Gasteiger partial charge on any atom is 0.0568 e. The van der Waals surface area contributed by atoms with Gasteiger partial charge in [-0.25, -0.2) is 0 Å². The smallest absolute Gasteiger partial charge is 0.0568 e. The molecule has 0 aliphatic heterocycles. The van der Waals surface area contributed by atoms with Crippen LogP contribution in [0.5, 0.6) is 0 Å². The summed E-state index contributed by atoms with van der Waals surface area (Å²) < 4.78 is 0. The van der Waals surface area contributed by atoms with Gasteiger partial charge in [0, 0.05) is 22.6 Å². The van der Waals surface area contributed by atoms with E-state index in [1.54, 1.807) is 10.4 Å². The van der Waals surface area contributed by atoms with Crippen LogP contribution in [-0.4, -0.2) is 10.2 Å². The number of aromatic amines is 1. The van der Waals surface area contributed by atoms with Crippen molar-refractivity contribution < 1.29 is 0 Å². The maximum atomic E-state index is 4.02. The summed E-state index contributed by atoms with van der Waals surface area (Å²) in [7, 11) is 0. The fourth-order valence-electron chi connectivity index (χ4n) is 3.06. The molecule has 114 valence electrons. The van der Waals surface area contributed by atoms with Crippen LogP contribution in [0.4, 0.5) is 0 Å². The number of hydrogen-bond acceptors (Lipinski definition) is 2. The Morgan fingerprint density at radius 2 is 1.86 bits per heavy atom. The van der Waals surface area contributed by atoms with E-state index in [0.29, 0.717) is 0 Å². The first-order valence-electron chi connectivity index (χ1n) is 8.07. The topological polar surface area (TPSA) is 28.7 Å². The fraction of sp³-hybridized carbons (Fsp3) is 0.316. The molecule has 0 amide bonds. The minimum atomic E-state index is 1.01. The van der Waals surface area contributed by atoms with Crippen molar-refractivity contribution in [1.82, 2.24) is 10.2 Å². The summed E-state index contributed by atoms with van der Waals surface area (Å²) in [4.78, 5) is 1.63. The molecular formula is C19H22N2S. The lowest BCUT2D eigenvalue weighted by atomic mass is 10.1. The predicted octanol–water partition coefficient (Wildman–Crippen LogP) is 5.24. The van der Waals surface area contributed by atoms with Crippen molar-refractivity contribution in [1.29, 1.82) is 0 Å². The fourth-order valence-corrected chi connectivity index (χ4v) is 4.04. The molecule has 2 nitrogen and oxygen atoms in total. The second-order valence-electron chi connectivity index (χ2n) is 5.32. The molecule has 1 N–H and O–H groups in total. The van der Waals surface area contributed by atoms with Gasteiger partial charge >= 0.3 is 0 Å². The standard InChI is InChI=1S/C10H8N2.C7H8S.C2H6/c1-2-4-8-7(3-1)5-10-9(8)6-11-12-10;1-2-6-4-5-8-7(6)3-1;1-2/h1-4,6H,5H2,(H,11,12);4-5H,1-3H2;1-2H3. The van der Waals surface area contributed by atoms with Gasteiger partial charge in [-0.15, -0.1) is 11.3 Å². The van der Waals surface area contributed by atoms with Gasteiger partial charge in [0.15, 0.2) is 0 Å². The Labute approximate surface area is 136 Å². The van der Waals surface area contributed by atoms with Crippen molar-refractivity contribution in [3.63, 3.8) is 0 Å². The lowest BCUT2D eigenvalue weighted by Gasteiger charge is -1.95. The Morgan fingerprint density at radius 3 is 2.73 bits per heavy atom. The van der Waals surface area contributed by atoms with Gasteiger partial charge in [0.2, 0.25) is 0 Å². The minimum Gasteiger partial charge on any atom is -0.282 e. The first kappa shape index (κ1) is 15.0. The predicted molar refractivity (Wildman–Crippen MR) is 94.5 cm³/mol. The van der Waals surface area contributed by atoms with E-state index in [9.17, 15) is 0 Å². The molecule has 3 heteroatoms. The van der Waals surface area contributed by atoms with Crippen molar-refractivity contribution in [2.75, 3.05) is 0 Å². The van der Waals surface area contributed by atoms with Crippen LogP contribution in [0.25, 0.3) is 11.1 Å². The Balaban J connectivity index is 0.000000126. The highest BCUT2D eigenvalue weighted by molar-refractivity contribution is 7.10. The summed E-state index contributed by atoms with van der Waals surface area (Å²) in [5, 5.41) is 9.23. The average Bonchev–Trinajstić information content (AvgIpc) is 3.30. The van der Waals surface area contributed by atoms with E-state index in [4.69, 9.17) is 0 Å². The highest BCUT2D eigenvalue weighted by atomic mass is 32.1. The van der Waals surface area contributed by atoms with Gasteiger partial charge in [0.1, 0.15) is 0 Å². The van der Waals surface area contributed by atoms with E-state index < -0.39 is 0 Å². The molecule has 0 unspecified atom stereocenters.